The van der Waals surface area contributed by atoms with Crippen molar-refractivity contribution in [3.63, 3.8) is 0 Å². The highest BCUT2D eigenvalue weighted by Crippen LogP contribution is 2.29. The number of thiophene rings is 2. The Hall–Kier alpha value is -0.680. The van der Waals surface area contributed by atoms with Crippen molar-refractivity contribution < 1.29 is 4.74 Å². The van der Waals surface area contributed by atoms with Gasteiger partial charge in [-0.25, -0.2) is 0 Å². The molecule has 0 bridgehead atoms. The molecule has 2 rings (SSSR count). The van der Waals surface area contributed by atoms with Gasteiger partial charge in [-0.1, -0.05) is 13.0 Å². The van der Waals surface area contributed by atoms with Crippen molar-refractivity contribution in [2.24, 2.45) is 0 Å². The third-order valence-corrected chi connectivity index (χ3v) is 4.61. The fourth-order valence-corrected chi connectivity index (χ4v) is 3.45. The average molecular weight is 295 g/mol. The van der Waals surface area contributed by atoms with Gasteiger partial charge in [0.1, 0.15) is 0 Å². The third-order valence-electron chi connectivity index (χ3n) is 2.75. The van der Waals surface area contributed by atoms with Crippen LogP contribution in [0.3, 0.4) is 0 Å². The minimum atomic E-state index is 0.867. The van der Waals surface area contributed by atoms with Gasteiger partial charge in [0.25, 0.3) is 0 Å². The van der Waals surface area contributed by atoms with E-state index in [9.17, 15) is 0 Å². The minimum Gasteiger partial charge on any atom is -0.381 e. The van der Waals surface area contributed by atoms with Gasteiger partial charge in [0.2, 0.25) is 0 Å². The zero-order chi connectivity index (χ0) is 13.3. The standard InChI is InChI=1S/C15H21NOS2/c1-2-7-17-8-4-6-16-11-14-10-13(12-19-14)15-5-3-9-18-15/h3,5,9-10,12,16H,2,4,6-8,11H2,1H3. The van der Waals surface area contributed by atoms with E-state index in [1.165, 1.54) is 15.3 Å². The summed E-state index contributed by atoms with van der Waals surface area (Å²) in [5.41, 5.74) is 1.35. The van der Waals surface area contributed by atoms with Crippen LogP contribution < -0.4 is 5.32 Å². The summed E-state index contributed by atoms with van der Waals surface area (Å²) in [4.78, 5) is 2.76. The molecule has 0 aromatic carbocycles. The molecular formula is C15H21NOS2. The molecule has 19 heavy (non-hydrogen) atoms. The van der Waals surface area contributed by atoms with Gasteiger partial charge in [-0.05, 0) is 42.3 Å². The number of hydrogen-bond acceptors (Lipinski definition) is 4. The van der Waals surface area contributed by atoms with E-state index in [1.54, 1.807) is 11.3 Å². The quantitative estimate of drug-likeness (QED) is 0.693. The Labute approximate surface area is 123 Å². The fourth-order valence-electron chi connectivity index (χ4n) is 1.80. The van der Waals surface area contributed by atoms with Crippen molar-refractivity contribution in [1.82, 2.24) is 5.32 Å². The van der Waals surface area contributed by atoms with Crippen molar-refractivity contribution in [2.75, 3.05) is 19.8 Å². The Morgan fingerprint density at radius 1 is 1.26 bits per heavy atom. The van der Waals surface area contributed by atoms with Crippen LogP contribution in [0.4, 0.5) is 0 Å². The minimum absolute atomic E-state index is 0.867. The molecule has 4 heteroatoms. The van der Waals surface area contributed by atoms with Crippen LogP contribution in [0.25, 0.3) is 10.4 Å². The molecule has 0 amide bonds. The van der Waals surface area contributed by atoms with Gasteiger partial charge < -0.3 is 10.1 Å². The number of rotatable bonds is 9. The first-order chi connectivity index (χ1) is 9.40. The van der Waals surface area contributed by atoms with E-state index in [0.29, 0.717) is 0 Å². The Kier molecular flexibility index (Phi) is 6.57. The lowest BCUT2D eigenvalue weighted by Gasteiger charge is -2.03. The Balaban J connectivity index is 1.64. The first-order valence-corrected chi connectivity index (χ1v) is 8.56. The monoisotopic (exact) mass is 295 g/mol. The van der Waals surface area contributed by atoms with Crippen molar-refractivity contribution in [1.29, 1.82) is 0 Å². The molecular weight excluding hydrogens is 274 g/mol. The molecule has 0 saturated carbocycles. The summed E-state index contributed by atoms with van der Waals surface area (Å²) in [7, 11) is 0. The van der Waals surface area contributed by atoms with E-state index in [-0.39, 0.29) is 0 Å². The molecule has 104 valence electrons. The van der Waals surface area contributed by atoms with Crippen LogP contribution in [-0.2, 0) is 11.3 Å². The number of ether oxygens (including phenoxy) is 1. The van der Waals surface area contributed by atoms with E-state index in [2.05, 4.69) is 41.2 Å². The Bertz CT molecular complexity index is 450. The number of nitrogens with one attached hydrogen (secondary N) is 1. The summed E-state index contributed by atoms with van der Waals surface area (Å²) in [5.74, 6) is 0. The largest absolute Gasteiger partial charge is 0.381 e. The fraction of sp³-hybridized carbons (Fsp3) is 0.467. The predicted octanol–water partition coefficient (Wildman–Crippen LogP) is 4.38. The highest BCUT2D eigenvalue weighted by Gasteiger charge is 2.02. The van der Waals surface area contributed by atoms with Crippen LogP contribution in [-0.4, -0.2) is 19.8 Å². The summed E-state index contributed by atoms with van der Waals surface area (Å²) in [6.07, 6.45) is 2.19. The molecule has 2 heterocycles. The van der Waals surface area contributed by atoms with Gasteiger partial charge in [0.15, 0.2) is 0 Å². The van der Waals surface area contributed by atoms with Crippen molar-refractivity contribution in [3.05, 3.63) is 33.8 Å². The molecule has 0 fully saturated rings. The van der Waals surface area contributed by atoms with E-state index in [0.717, 1.165) is 39.1 Å². The molecule has 0 saturated heterocycles. The lowest BCUT2D eigenvalue weighted by molar-refractivity contribution is 0.132. The summed E-state index contributed by atoms with van der Waals surface area (Å²) >= 11 is 3.63. The topological polar surface area (TPSA) is 21.3 Å². The lowest BCUT2D eigenvalue weighted by atomic mass is 10.2. The van der Waals surface area contributed by atoms with E-state index in [1.807, 2.05) is 11.3 Å². The maximum absolute atomic E-state index is 5.45. The first kappa shape index (κ1) is 14.7. The molecule has 0 aliphatic heterocycles. The summed E-state index contributed by atoms with van der Waals surface area (Å²) in [6, 6.07) is 6.57. The zero-order valence-corrected chi connectivity index (χ0v) is 13.0. The van der Waals surface area contributed by atoms with Gasteiger partial charge in [0.05, 0.1) is 0 Å². The second-order valence-corrected chi connectivity index (χ2v) is 6.37. The van der Waals surface area contributed by atoms with Gasteiger partial charge >= 0.3 is 0 Å². The molecule has 0 aliphatic rings. The molecule has 2 aromatic rings. The molecule has 2 nitrogen and oxygen atoms in total. The van der Waals surface area contributed by atoms with Gasteiger partial charge in [-0.3, -0.25) is 0 Å². The lowest BCUT2D eigenvalue weighted by Crippen LogP contribution is -2.15. The average Bonchev–Trinajstić information content (AvgIpc) is 3.08. The van der Waals surface area contributed by atoms with Crippen LogP contribution in [0.1, 0.15) is 24.6 Å². The predicted molar refractivity (Wildman–Crippen MR) is 85.1 cm³/mol. The van der Waals surface area contributed by atoms with Gasteiger partial charge in [-0.2, -0.15) is 0 Å². The molecule has 0 atom stereocenters. The summed E-state index contributed by atoms with van der Waals surface area (Å²) < 4.78 is 5.45. The smallest absolute Gasteiger partial charge is 0.0478 e. The van der Waals surface area contributed by atoms with E-state index >= 15 is 0 Å². The highest BCUT2D eigenvalue weighted by molar-refractivity contribution is 7.14. The maximum atomic E-state index is 5.45. The van der Waals surface area contributed by atoms with Crippen molar-refractivity contribution in [2.45, 2.75) is 26.3 Å². The third kappa shape index (κ3) is 5.07. The molecule has 0 unspecified atom stereocenters. The van der Waals surface area contributed by atoms with Crippen molar-refractivity contribution >= 4 is 22.7 Å². The van der Waals surface area contributed by atoms with Gasteiger partial charge in [-0.15, -0.1) is 22.7 Å². The van der Waals surface area contributed by atoms with Crippen molar-refractivity contribution in [3.8, 4) is 10.4 Å². The van der Waals surface area contributed by atoms with E-state index < -0.39 is 0 Å². The molecule has 2 aromatic heterocycles. The second kappa shape index (κ2) is 8.48. The summed E-state index contributed by atoms with van der Waals surface area (Å²) in [6.45, 7) is 5.88. The Morgan fingerprint density at radius 2 is 2.21 bits per heavy atom. The molecule has 0 aliphatic carbocycles. The number of hydrogen-bond donors (Lipinski definition) is 1. The van der Waals surface area contributed by atoms with E-state index in [4.69, 9.17) is 4.74 Å². The van der Waals surface area contributed by atoms with Crippen LogP contribution in [0, 0.1) is 0 Å². The van der Waals surface area contributed by atoms with Crippen LogP contribution in [0.5, 0.6) is 0 Å². The first-order valence-electron chi connectivity index (χ1n) is 6.80. The summed E-state index contributed by atoms with van der Waals surface area (Å²) in [5, 5.41) is 7.84. The van der Waals surface area contributed by atoms with Crippen LogP contribution in [0.2, 0.25) is 0 Å². The van der Waals surface area contributed by atoms with Gasteiger partial charge in [0, 0.05) is 35.1 Å². The molecule has 0 spiro atoms. The second-order valence-electron chi connectivity index (χ2n) is 4.42. The van der Waals surface area contributed by atoms with Crippen LogP contribution in [0.15, 0.2) is 29.0 Å². The Morgan fingerprint density at radius 3 is 3.00 bits per heavy atom. The normalized spacial score (nSPS) is 11.0. The highest BCUT2D eigenvalue weighted by atomic mass is 32.1. The molecule has 0 radical (unpaired) electrons. The zero-order valence-electron chi connectivity index (χ0n) is 11.4. The van der Waals surface area contributed by atoms with Crippen LogP contribution >= 0.6 is 22.7 Å². The maximum Gasteiger partial charge on any atom is 0.0478 e. The molecule has 1 N–H and O–H groups in total. The SMILES string of the molecule is CCCOCCCNCc1cc(-c2cccs2)cs1.